The molecule has 0 radical (unpaired) electrons. The number of hydrogen-bond donors (Lipinski definition) is 1. The van der Waals surface area contributed by atoms with Crippen LogP contribution in [-0.2, 0) is 0 Å². The molecule has 1 N–H and O–H groups in total. The third kappa shape index (κ3) is 3.55. The van der Waals surface area contributed by atoms with Crippen LogP contribution in [0.2, 0.25) is 5.02 Å². The van der Waals surface area contributed by atoms with Crippen molar-refractivity contribution in [3.05, 3.63) is 70.5 Å². The van der Waals surface area contributed by atoms with Gasteiger partial charge in [-0.3, -0.25) is 0 Å². The first-order valence-corrected chi connectivity index (χ1v) is 6.71. The Balaban J connectivity index is 2.11. The van der Waals surface area contributed by atoms with Crippen LogP contribution in [0.4, 0.5) is 4.39 Å². The van der Waals surface area contributed by atoms with Gasteiger partial charge in [0.2, 0.25) is 0 Å². The van der Waals surface area contributed by atoms with Crippen LogP contribution in [0.25, 0.3) is 0 Å². The molecule has 0 bridgehead atoms. The highest BCUT2D eigenvalue weighted by atomic mass is 35.5. The molecular formula is C16H17ClFN. The zero-order valence-corrected chi connectivity index (χ0v) is 11.8. The maximum atomic E-state index is 13.2. The Morgan fingerprint density at radius 1 is 1.00 bits per heavy atom. The van der Waals surface area contributed by atoms with Gasteiger partial charge in [0.15, 0.2) is 0 Å². The van der Waals surface area contributed by atoms with Crippen molar-refractivity contribution in [2.45, 2.75) is 25.9 Å². The fourth-order valence-electron chi connectivity index (χ4n) is 2.16. The lowest BCUT2D eigenvalue weighted by Gasteiger charge is -2.21. The van der Waals surface area contributed by atoms with Crippen LogP contribution in [0, 0.1) is 5.82 Å². The highest BCUT2D eigenvalue weighted by Crippen LogP contribution is 2.25. The summed E-state index contributed by atoms with van der Waals surface area (Å²) >= 11 is 6.17. The van der Waals surface area contributed by atoms with Gasteiger partial charge < -0.3 is 5.32 Å². The van der Waals surface area contributed by atoms with Crippen molar-refractivity contribution in [3.63, 3.8) is 0 Å². The van der Waals surface area contributed by atoms with E-state index < -0.39 is 0 Å². The van der Waals surface area contributed by atoms with E-state index in [0.717, 1.165) is 16.1 Å². The minimum absolute atomic E-state index is 0.0574. The predicted octanol–water partition coefficient (Wildman–Crippen LogP) is 4.89. The van der Waals surface area contributed by atoms with Crippen molar-refractivity contribution < 1.29 is 4.39 Å². The van der Waals surface area contributed by atoms with Crippen molar-refractivity contribution >= 4 is 11.6 Å². The van der Waals surface area contributed by atoms with E-state index in [-0.39, 0.29) is 17.9 Å². The van der Waals surface area contributed by atoms with Gasteiger partial charge in [0.1, 0.15) is 5.82 Å². The molecule has 3 heteroatoms. The minimum atomic E-state index is -0.212. The van der Waals surface area contributed by atoms with Crippen LogP contribution in [0.3, 0.4) is 0 Å². The minimum Gasteiger partial charge on any atom is -0.304 e. The van der Waals surface area contributed by atoms with Gasteiger partial charge in [-0.15, -0.1) is 0 Å². The Morgan fingerprint density at radius 2 is 1.74 bits per heavy atom. The van der Waals surface area contributed by atoms with Gasteiger partial charge in [0.05, 0.1) is 0 Å². The van der Waals surface area contributed by atoms with Gasteiger partial charge in [-0.2, -0.15) is 0 Å². The van der Waals surface area contributed by atoms with Crippen molar-refractivity contribution in [2.24, 2.45) is 0 Å². The average Bonchev–Trinajstić information content (AvgIpc) is 2.39. The summed E-state index contributed by atoms with van der Waals surface area (Å²) in [6.07, 6.45) is 0. The molecule has 2 aromatic rings. The van der Waals surface area contributed by atoms with Crippen molar-refractivity contribution in [1.82, 2.24) is 5.32 Å². The van der Waals surface area contributed by atoms with E-state index in [9.17, 15) is 4.39 Å². The molecule has 0 aliphatic rings. The topological polar surface area (TPSA) is 12.0 Å². The Morgan fingerprint density at radius 3 is 2.42 bits per heavy atom. The molecule has 2 rings (SSSR count). The van der Waals surface area contributed by atoms with E-state index in [4.69, 9.17) is 11.6 Å². The Bertz CT molecular complexity index is 556. The fourth-order valence-corrected chi connectivity index (χ4v) is 2.46. The zero-order valence-electron chi connectivity index (χ0n) is 11.0. The van der Waals surface area contributed by atoms with Crippen molar-refractivity contribution in [1.29, 1.82) is 0 Å². The summed E-state index contributed by atoms with van der Waals surface area (Å²) in [6.45, 7) is 4.07. The Labute approximate surface area is 118 Å². The van der Waals surface area contributed by atoms with Gasteiger partial charge in [-0.1, -0.05) is 41.9 Å². The van der Waals surface area contributed by atoms with Crippen LogP contribution < -0.4 is 5.32 Å². The predicted molar refractivity (Wildman–Crippen MR) is 77.8 cm³/mol. The molecule has 2 atom stereocenters. The van der Waals surface area contributed by atoms with Crippen LogP contribution in [0.5, 0.6) is 0 Å². The van der Waals surface area contributed by atoms with Gasteiger partial charge in [0, 0.05) is 17.1 Å². The third-order valence-electron chi connectivity index (χ3n) is 3.22. The zero-order chi connectivity index (χ0) is 13.8. The maximum Gasteiger partial charge on any atom is 0.123 e. The summed E-state index contributed by atoms with van der Waals surface area (Å²) in [5.74, 6) is -0.212. The van der Waals surface area contributed by atoms with E-state index in [2.05, 4.69) is 12.2 Å². The molecule has 0 fully saturated rings. The molecule has 0 aliphatic carbocycles. The van der Waals surface area contributed by atoms with E-state index in [1.165, 1.54) is 6.07 Å². The fraction of sp³-hybridized carbons (Fsp3) is 0.250. The molecule has 1 unspecified atom stereocenters. The normalized spacial score (nSPS) is 14.1. The standard InChI is InChI=1S/C16H17ClFN/c1-11(13-6-5-7-14(18)10-13)19-12(2)15-8-3-4-9-16(15)17/h3-12,19H,1-2H3/t11-,12?/m0/s1. The quantitative estimate of drug-likeness (QED) is 0.839. The third-order valence-corrected chi connectivity index (χ3v) is 3.56. The van der Waals surface area contributed by atoms with Crippen LogP contribution >= 0.6 is 11.6 Å². The summed E-state index contributed by atoms with van der Waals surface area (Å²) < 4.78 is 13.2. The largest absolute Gasteiger partial charge is 0.304 e. The number of benzene rings is 2. The summed E-state index contributed by atoms with van der Waals surface area (Å²) in [5.41, 5.74) is 1.98. The summed E-state index contributed by atoms with van der Waals surface area (Å²) in [7, 11) is 0. The molecule has 0 aromatic heterocycles. The SMILES string of the molecule is CC(N[C@@H](C)c1cccc(F)c1)c1ccccc1Cl. The maximum absolute atomic E-state index is 13.2. The first-order valence-electron chi connectivity index (χ1n) is 6.34. The monoisotopic (exact) mass is 277 g/mol. The summed E-state index contributed by atoms with van der Waals surface area (Å²) in [6, 6.07) is 14.6. The first-order chi connectivity index (χ1) is 9.08. The van der Waals surface area contributed by atoms with Gasteiger partial charge in [0.25, 0.3) is 0 Å². The summed E-state index contributed by atoms with van der Waals surface area (Å²) in [5, 5.41) is 4.17. The Kier molecular flexibility index (Phi) is 4.56. The molecule has 1 nitrogen and oxygen atoms in total. The molecule has 0 saturated carbocycles. The molecule has 0 heterocycles. The molecule has 100 valence electrons. The molecule has 0 amide bonds. The number of halogens is 2. The van der Waals surface area contributed by atoms with E-state index in [1.807, 2.05) is 37.3 Å². The average molecular weight is 278 g/mol. The highest BCUT2D eigenvalue weighted by molar-refractivity contribution is 6.31. The molecule has 0 spiro atoms. The molecule has 0 aliphatic heterocycles. The molecule has 0 saturated heterocycles. The lowest BCUT2D eigenvalue weighted by molar-refractivity contribution is 0.492. The second kappa shape index (κ2) is 6.18. The van der Waals surface area contributed by atoms with E-state index >= 15 is 0 Å². The van der Waals surface area contributed by atoms with Crippen LogP contribution in [0.1, 0.15) is 37.1 Å². The first kappa shape index (κ1) is 14.0. The van der Waals surface area contributed by atoms with Crippen molar-refractivity contribution in [3.8, 4) is 0 Å². The van der Waals surface area contributed by atoms with Crippen LogP contribution in [0.15, 0.2) is 48.5 Å². The molecule has 2 aromatic carbocycles. The van der Waals surface area contributed by atoms with E-state index in [1.54, 1.807) is 12.1 Å². The second-order valence-corrected chi connectivity index (χ2v) is 5.09. The molecule has 19 heavy (non-hydrogen) atoms. The lowest BCUT2D eigenvalue weighted by Crippen LogP contribution is -2.22. The Hall–Kier alpha value is -1.38. The number of rotatable bonds is 4. The van der Waals surface area contributed by atoms with Crippen molar-refractivity contribution in [2.75, 3.05) is 0 Å². The second-order valence-electron chi connectivity index (χ2n) is 4.69. The highest BCUT2D eigenvalue weighted by Gasteiger charge is 2.13. The molecular weight excluding hydrogens is 261 g/mol. The number of hydrogen-bond acceptors (Lipinski definition) is 1. The van der Waals surface area contributed by atoms with Gasteiger partial charge in [-0.05, 0) is 43.2 Å². The van der Waals surface area contributed by atoms with Gasteiger partial charge >= 0.3 is 0 Å². The number of nitrogens with one attached hydrogen (secondary N) is 1. The smallest absolute Gasteiger partial charge is 0.123 e. The van der Waals surface area contributed by atoms with Gasteiger partial charge in [-0.25, -0.2) is 4.39 Å². The summed E-state index contributed by atoms with van der Waals surface area (Å²) in [4.78, 5) is 0. The van der Waals surface area contributed by atoms with E-state index in [0.29, 0.717) is 0 Å². The van der Waals surface area contributed by atoms with Crippen LogP contribution in [-0.4, -0.2) is 0 Å². The lowest BCUT2D eigenvalue weighted by atomic mass is 10.0.